The monoisotopic (exact) mass is 362 g/mol. The number of benzene rings is 1. The first-order valence-corrected chi connectivity index (χ1v) is 9.33. The van der Waals surface area contributed by atoms with Crippen molar-refractivity contribution in [3.8, 4) is 0 Å². The number of likely N-dealkylation sites (N-methyl/N-ethyl adjacent to an activating group) is 1. The molecule has 1 aliphatic rings. The first-order valence-electron chi connectivity index (χ1n) is 9.33. The topological polar surface area (TPSA) is 59.1 Å². The zero-order valence-electron chi connectivity index (χ0n) is 16.0. The standard InChI is InChI=1S/C20H30N2O4/c1-4-25-19(23)11-12-21(3)18-15-22(13-16-9-7-6-8-10-16)14-17(18)20(24)26-5-2/h6-10,17-18H,4-5,11-15H2,1-3H3. The molecule has 0 saturated carbocycles. The second-order valence-corrected chi connectivity index (χ2v) is 6.64. The fourth-order valence-corrected chi connectivity index (χ4v) is 3.43. The molecular formula is C20H30N2O4. The van der Waals surface area contributed by atoms with Gasteiger partial charge in [-0.3, -0.25) is 14.5 Å². The summed E-state index contributed by atoms with van der Waals surface area (Å²) in [5, 5.41) is 0. The Morgan fingerprint density at radius 2 is 1.81 bits per heavy atom. The number of ether oxygens (including phenoxy) is 2. The minimum Gasteiger partial charge on any atom is -0.466 e. The molecule has 0 spiro atoms. The quantitative estimate of drug-likeness (QED) is 0.626. The van der Waals surface area contributed by atoms with Crippen molar-refractivity contribution in [1.82, 2.24) is 9.80 Å². The zero-order valence-corrected chi connectivity index (χ0v) is 16.0. The number of carbonyl (C=O) groups is 2. The highest BCUT2D eigenvalue weighted by atomic mass is 16.5. The molecule has 0 aromatic heterocycles. The second kappa shape index (κ2) is 10.3. The molecule has 2 atom stereocenters. The minimum atomic E-state index is -0.203. The van der Waals surface area contributed by atoms with Crippen molar-refractivity contribution in [2.24, 2.45) is 5.92 Å². The summed E-state index contributed by atoms with van der Waals surface area (Å²) >= 11 is 0. The van der Waals surface area contributed by atoms with Gasteiger partial charge in [-0.25, -0.2) is 0 Å². The molecule has 0 N–H and O–H groups in total. The molecule has 1 heterocycles. The van der Waals surface area contributed by atoms with E-state index < -0.39 is 0 Å². The van der Waals surface area contributed by atoms with Crippen LogP contribution in [0.5, 0.6) is 0 Å². The number of nitrogens with zero attached hydrogens (tertiary/aromatic N) is 2. The summed E-state index contributed by atoms with van der Waals surface area (Å²) in [6, 6.07) is 10.3. The lowest BCUT2D eigenvalue weighted by atomic mass is 10.0. The van der Waals surface area contributed by atoms with Crippen molar-refractivity contribution in [3.05, 3.63) is 35.9 Å². The molecule has 26 heavy (non-hydrogen) atoms. The van der Waals surface area contributed by atoms with Crippen LogP contribution in [0.25, 0.3) is 0 Å². The average Bonchev–Trinajstić information content (AvgIpc) is 3.05. The van der Waals surface area contributed by atoms with Crippen LogP contribution in [-0.4, -0.2) is 67.7 Å². The van der Waals surface area contributed by atoms with E-state index in [0.717, 1.165) is 13.1 Å². The number of esters is 2. The molecule has 0 amide bonds. The molecule has 1 aromatic carbocycles. The first kappa shape index (κ1) is 20.4. The maximum Gasteiger partial charge on any atom is 0.311 e. The Bertz CT molecular complexity index is 578. The van der Waals surface area contributed by atoms with Gasteiger partial charge in [-0.05, 0) is 26.5 Å². The van der Waals surface area contributed by atoms with Gasteiger partial charge in [-0.15, -0.1) is 0 Å². The summed E-state index contributed by atoms with van der Waals surface area (Å²) in [6.07, 6.45) is 0.328. The maximum atomic E-state index is 12.4. The Labute approximate surface area is 156 Å². The van der Waals surface area contributed by atoms with E-state index in [2.05, 4.69) is 21.9 Å². The van der Waals surface area contributed by atoms with Gasteiger partial charge < -0.3 is 14.4 Å². The fourth-order valence-electron chi connectivity index (χ4n) is 3.43. The SMILES string of the molecule is CCOC(=O)CCN(C)C1CN(Cc2ccccc2)CC1C(=O)OCC. The van der Waals surface area contributed by atoms with Gasteiger partial charge >= 0.3 is 11.9 Å². The summed E-state index contributed by atoms with van der Waals surface area (Å²) in [6.45, 7) is 7.22. The lowest BCUT2D eigenvalue weighted by Crippen LogP contribution is -2.42. The third-order valence-corrected chi connectivity index (χ3v) is 4.74. The molecular weight excluding hydrogens is 332 g/mol. The van der Waals surface area contributed by atoms with Crippen LogP contribution in [0.1, 0.15) is 25.8 Å². The van der Waals surface area contributed by atoms with Crippen LogP contribution in [-0.2, 0) is 25.6 Å². The van der Waals surface area contributed by atoms with Gasteiger partial charge in [0.25, 0.3) is 0 Å². The molecule has 1 aromatic rings. The zero-order chi connectivity index (χ0) is 18.9. The van der Waals surface area contributed by atoms with E-state index in [4.69, 9.17) is 9.47 Å². The largest absolute Gasteiger partial charge is 0.466 e. The van der Waals surface area contributed by atoms with Crippen molar-refractivity contribution >= 4 is 11.9 Å². The third kappa shape index (κ3) is 5.81. The molecule has 1 aliphatic heterocycles. The predicted octanol–water partition coefficient (Wildman–Crippen LogP) is 1.94. The molecule has 1 fully saturated rings. The molecule has 2 rings (SSSR count). The van der Waals surface area contributed by atoms with Crippen LogP contribution in [0, 0.1) is 5.92 Å². The van der Waals surface area contributed by atoms with Gasteiger partial charge in [0.1, 0.15) is 0 Å². The normalized spacial score (nSPS) is 20.3. The Morgan fingerprint density at radius 3 is 2.46 bits per heavy atom. The van der Waals surface area contributed by atoms with E-state index in [0.29, 0.717) is 32.7 Å². The molecule has 144 valence electrons. The molecule has 0 aliphatic carbocycles. The highest BCUT2D eigenvalue weighted by molar-refractivity contribution is 5.74. The second-order valence-electron chi connectivity index (χ2n) is 6.64. The summed E-state index contributed by atoms with van der Waals surface area (Å²) in [5.41, 5.74) is 1.23. The van der Waals surface area contributed by atoms with Gasteiger partial charge in [0.15, 0.2) is 0 Å². The van der Waals surface area contributed by atoms with E-state index in [1.54, 1.807) is 6.92 Å². The van der Waals surface area contributed by atoms with Crippen LogP contribution in [0.3, 0.4) is 0 Å². The molecule has 1 saturated heterocycles. The number of hydrogen-bond donors (Lipinski definition) is 0. The molecule has 0 bridgehead atoms. The summed E-state index contributed by atoms with van der Waals surface area (Å²) in [5.74, 6) is -0.562. The summed E-state index contributed by atoms with van der Waals surface area (Å²) in [4.78, 5) is 28.4. The molecule has 6 nitrogen and oxygen atoms in total. The van der Waals surface area contributed by atoms with Gasteiger partial charge in [0.05, 0.1) is 25.6 Å². The lowest BCUT2D eigenvalue weighted by molar-refractivity contribution is -0.149. The van der Waals surface area contributed by atoms with E-state index >= 15 is 0 Å². The Balaban J connectivity index is 2.00. The van der Waals surface area contributed by atoms with Crippen LogP contribution in [0.2, 0.25) is 0 Å². The number of rotatable bonds is 9. The van der Waals surface area contributed by atoms with E-state index in [1.165, 1.54) is 5.56 Å². The van der Waals surface area contributed by atoms with E-state index in [-0.39, 0.29) is 23.9 Å². The van der Waals surface area contributed by atoms with Crippen LogP contribution in [0.4, 0.5) is 0 Å². The Hall–Kier alpha value is -1.92. The predicted molar refractivity (Wildman–Crippen MR) is 99.5 cm³/mol. The number of carbonyl (C=O) groups excluding carboxylic acids is 2. The van der Waals surface area contributed by atoms with Gasteiger partial charge in [-0.1, -0.05) is 30.3 Å². The van der Waals surface area contributed by atoms with Crippen LogP contribution in [0.15, 0.2) is 30.3 Å². The molecule has 6 heteroatoms. The van der Waals surface area contributed by atoms with Crippen molar-refractivity contribution < 1.29 is 19.1 Å². The van der Waals surface area contributed by atoms with Crippen molar-refractivity contribution in [3.63, 3.8) is 0 Å². The number of hydrogen-bond acceptors (Lipinski definition) is 6. The highest BCUT2D eigenvalue weighted by Gasteiger charge is 2.40. The molecule has 0 radical (unpaired) electrons. The average molecular weight is 362 g/mol. The lowest BCUT2D eigenvalue weighted by Gasteiger charge is -2.27. The summed E-state index contributed by atoms with van der Waals surface area (Å²) < 4.78 is 10.3. The maximum absolute atomic E-state index is 12.4. The van der Waals surface area contributed by atoms with Crippen LogP contribution < -0.4 is 0 Å². The smallest absolute Gasteiger partial charge is 0.311 e. The van der Waals surface area contributed by atoms with Crippen LogP contribution >= 0.6 is 0 Å². The first-order chi connectivity index (χ1) is 12.5. The van der Waals surface area contributed by atoms with Crippen molar-refractivity contribution in [2.45, 2.75) is 32.9 Å². The summed E-state index contributed by atoms with van der Waals surface area (Å²) in [7, 11) is 1.96. The van der Waals surface area contributed by atoms with Gasteiger partial charge in [0, 0.05) is 32.2 Å². The number of likely N-dealkylation sites (tertiary alicyclic amines) is 1. The minimum absolute atomic E-state index is 0.0344. The van der Waals surface area contributed by atoms with Crippen molar-refractivity contribution in [1.29, 1.82) is 0 Å². The van der Waals surface area contributed by atoms with E-state index in [1.807, 2.05) is 32.2 Å². The van der Waals surface area contributed by atoms with E-state index in [9.17, 15) is 9.59 Å². The fraction of sp³-hybridized carbons (Fsp3) is 0.600. The Morgan fingerprint density at radius 1 is 1.12 bits per heavy atom. The van der Waals surface area contributed by atoms with Gasteiger partial charge in [-0.2, -0.15) is 0 Å². The van der Waals surface area contributed by atoms with Gasteiger partial charge in [0.2, 0.25) is 0 Å². The van der Waals surface area contributed by atoms with Crippen molar-refractivity contribution in [2.75, 3.05) is 39.9 Å². The highest BCUT2D eigenvalue weighted by Crippen LogP contribution is 2.24. The molecule has 2 unspecified atom stereocenters. The Kier molecular flexibility index (Phi) is 8.06. The third-order valence-electron chi connectivity index (χ3n) is 4.74.